The molecule has 1 amide bonds. The van der Waals surface area contributed by atoms with Crippen LogP contribution in [0.15, 0.2) is 36.4 Å². The topological polar surface area (TPSA) is 69.6 Å². The molecule has 0 bridgehead atoms. The molecule has 3 N–H and O–H groups in total. The van der Waals surface area contributed by atoms with Gasteiger partial charge in [0.05, 0.1) is 11.1 Å². The number of hydrogen-bond donors (Lipinski definition) is 3. The van der Waals surface area contributed by atoms with Crippen molar-refractivity contribution in [3.05, 3.63) is 58.7 Å². The summed E-state index contributed by atoms with van der Waals surface area (Å²) in [6.07, 6.45) is -9.47. The molecule has 1 aliphatic rings. The maximum Gasteiger partial charge on any atom is 0.416 e. The number of amides is 1. The van der Waals surface area contributed by atoms with E-state index in [-0.39, 0.29) is 11.3 Å². The van der Waals surface area contributed by atoms with Crippen molar-refractivity contribution in [1.82, 2.24) is 0 Å². The minimum absolute atomic E-state index is 0.314. The van der Waals surface area contributed by atoms with Crippen molar-refractivity contribution in [1.29, 1.82) is 0 Å². The summed E-state index contributed by atoms with van der Waals surface area (Å²) in [6, 6.07) is 3.60. The number of benzene rings is 2. The van der Waals surface area contributed by atoms with Crippen LogP contribution in [0.2, 0.25) is 0 Å². The maximum absolute atomic E-state index is 12.8. The van der Waals surface area contributed by atoms with E-state index in [2.05, 4.69) is 0 Å². The number of rotatable bonds is 1. The van der Waals surface area contributed by atoms with Gasteiger partial charge in [-0.3, -0.25) is 4.79 Å². The van der Waals surface area contributed by atoms with E-state index in [1.54, 1.807) is 0 Å². The molecule has 3 rings (SSSR count). The molecule has 0 spiro atoms. The first kappa shape index (κ1) is 18.1. The van der Waals surface area contributed by atoms with Crippen LogP contribution in [0.1, 0.15) is 22.3 Å². The molecule has 1 heterocycles. The summed E-state index contributed by atoms with van der Waals surface area (Å²) in [4.78, 5) is 12.2. The fraction of sp³-hybridized carbons (Fsp3) is 0.188. The van der Waals surface area contributed by atoms with Crippen LogP contribution in [0.25, 0.3) is 0 Å². The van der Waals surface area contributed by atoms with Gasteiger partial charge >= 0.3 is 12.4 Å². The van der Waals surface area contributed by atoms with E-state index in [0.717, 1.165) is 6.07 Å². The minimum atomic E-state index is -4.77. The van der Waals surface area contributed by atoms with Gasteiger partial charge in [-0.2, -0.15) is 26.3 Å². The summed E-state index contributed by atoms with van der Waals surface area (Å²) in [5.74, 6) is -2.22. The van der Waals surface area contributed by atoms with Gasteiger partial charge in [-0.1, -0.05) is 12.1 Å². The molecule has 0 fully saturated rings. The number of phenols is 1. The molecule has 0 aliphatic carbocycles. The minimum Gasteiger partial charge on any atom is -0.508 e. The third-order valence-corrected chi connectivity index (χ3v) is 4.03. The van der Waals surface area contributed by atoms with Gasteiger partial charge in [0, 0.05) is 16.8 Å². The molecule has 138 valence electrons. The number of anilines is 1. The SMILES string of the molecule is O=C1Nc2cc(C(F)(F)F)ccc2C1(O)c1ccc(C(F)(F)F)cc1O. The molecule has 1 atom stereocenters. The van der Waals surface area contributed by atoms with Gasteiger partial charge in [0.2, 0.25) is 0 Å². The Labute approximate surface area is 141 Å². The lowest BCUT2D eigenvalue weighted by atomic mass is 9.86. The smallest absolute Gasteiger partial charge is 0.416 e. The Bertz CT molecular complexity index is 906. The molecule has 10 heteroatoms. The fourth-order valence-electron chi connectivity index (χ4n) is 2.76. The van der Waals surface area contributed by atoms with Crippen LogP contribution in [-0.2, 0) is 22.7 Å². The van der Waals surface area contributed by atoms with E-state index < -0.39 is 46.3 Å². The molecular weight excluding hydrogens is 368 g/mol. The Hall–Kier alpha value is -2.75. The molecule has 2 aromatic carbocycles. The number of hydrogen-bond acceptors (Lipinski definition) is 3. The summed E-state index contributed by atoms with van der Waals surface area (Å²) < 4.78 is 76.4. The number of fused-ring (bicyclic) bond motifs is 1. The van der Waals surface area contributed by atoms with Crippen molar-refractivity contribution in [2.45, 2.75) is 18.0 Å². The number of nitrogens with one attached hydrogen (secondary N) is 1. The van der Waals surface area contributed by atoms with Crippen molar-refractivity contribution in [3.8, 4) is 5.75 Å². The number of aliphatic hydroxyl groups is 1. The van der Waals surface area contributed by atoms with Gasteiger partial charge in [-0.15, -0.1) is 0 Å². The van der Waals surface area contributed by atoms with Gasteiger partial charge in [0.25, 0.3) is 5.91 Å². The average Bonchev–Trinajstić information content (AvgIpc) is 2.77. The maximum atomic E-state index is 12.8. The summed E-state index contributed by atoms with van der Waals surface area (Å²) in [7, 11) is 0. The van der Waals surface area contributed by atoms with Crippen molar-refractivity contribution in [2.24, 2.45) is 0 Å². The number of phenolic OH excluding ortho intramolecular Hbond substituents is 1. The molecule has 0 saturated carbocycles. The zero-order chi connectivity index (χ0) is 19.5. The molecule has 2 aromatic rings. The number of halogens is 6. The second kappa shape index (κ2) is 5.37. The van der Waals surface area contributed by atoms with Gasteiger partial charge in [-0.05, 0) is 24.3 Å². The third-order valence-electron chi connectivity index (χ3n) is 4.03. The monoisotopic (exact) mass is 377 g/mol. The molecule has 0 radical (unpaired) electrons. The molecule has 1 aliphatic heterocycles. The number of carbonyl (C=O) groups excluding carboxylic acids is 1. The van der Waals surface area contributed by atoms with Crippen LogP contribution in [-0.4, -0.2) is 16.1 Å². The Kier molecular flexibility index (Phi) is 3.73. The highest BCUT2D eigenvalue weighted by Crippen LogP contribution is 2.46. The van der Waals surface area contributed by atoms with E-state index in [0.29, 0.717) is 30.3 Å². The highest BCUT2D eigenvalue weighted by molar-refractivity contribution is 6.07. The Morgan fingerprint density at radius 2 is 1.35 bits per heavy atom. The molecule has 4 nitrogen and oxygen atoms in total. The predicted molar refractivity (Wildman–Crippen MR) is 76.2 cm³/mol. The Morgan fingerprint density at radius 1 is 0.846 bits per heavy atom. The normalized spacial score (nSPS) is 20.0. The molecular formula is C16H9F6NO3. The zero-order valence-electron chi connectivity index (χ0n) is 12.5. The third kappa shape index (κ3) is 2.66. The summed E-state index contributed by atoms with van der Waals surface area (Å²) >= 11 is 0. The number of carbonyl (C=O) groups is 1. The van der Waals surface area contributed by atoms with Crippen LogP contribution in [0.5, 0.6) is 5.75 Å². The standard InChI is InChI=1S/C16H9F6NO3/c17-15(18,19)7-1-3-9-11(5-7)23-13(25)14(9,26)10-4-2-8(6-12(10)24)16(20,21)22/h1-6,24,26H,(H,23,25). The van der Waals surface area contributed by atoms with Crippen molar-refractivity contribution >= 4 is 11.6 Å². The summed E-state index contributed by atoms with van der Waals surface area (Å²) in [5.41, 5.74) is -6.18. The van der Waals surface area contributed by atoms with Crippen molar-refractivity contribution in [3.63, 3.8) is 0 Å². The van der Waals surface area contributed by atoms with Crippen molar-refractivity contribution in [2.75, 3.05) is 5.32 Å². The predicted octanol–water partition coefficient (Wildman–Crippen LogP) is 3.62. The lowest BCUT2D eigenvalue weighted by Gasteiger charge is -2.23. The highest BCUT2D eigenvalue weighted by atomic mass is 19.4. The molecule has 0 aromatic heterocycles. The zero-order valence-corrected chi connectivity index (χ0v) is 12.5. The molecule has 26 heavy (non-hydrogen) atoms. The van der Waals surface area contributed by atoms with Gasteiger partial charge in [-0.25, -0.2) is 0 Å². The fourth-order valence-corrected chi connectivity index (χ4v) is 2.76. The second-order valence-corrected chi connectivity index (χ2v) is 5.65. The van der Waals surface area contributed by atoms with Gasteiger partial charge in [0.1, 0.15) is 5.75 Å². The van der Waals surface area contributed by atoms with Crippen LogP contribution in [0.3, 0.4) is 0 Å². The van der Waals surface area contributed by atoms with Crippen LogP contribution >= 0.6 is 0 Å². The van der Waals surface area contributed by atoms with E-state index >= 15 is 0 Å². The largest absolute Gasteiger partial charge is 0.508 e. The van der Waals surface area contributed by atoms with E-state index in [1.807, 2.05) is 5.32 Å². The van der Waals surface area contributed by atoms with E-state index in [4.69, 9.17) is 0 Å². The van der Waals surface area contributed by atoms with E-state index in [1.165, 1.54) is 0 Å². The van der Waals surface area contributed by atoms with Crippen LogP contribution in [0, 0.1) is 0 Å². The first-order chi connectivity index (χ1) is 11.8. The molecule has 0 saturated heterocycles. The number of alkyl halides is 6. The van der Waals surface area contributed by atoms with Crippen LogP contribution < -0.4 is 5.32 Å². The second-order valence-electron chi connectivity index (χ2n) is 5.65. The van der Waals surface area contributed by atoms with E-state index in [9.17, 15) is 41.4 Å². The summed E-state index contributed by atoms with van der Waals surface area (Å²) in [5, 5.41) is 22.7. The first-order valence-corrected chi connectivity index (χ1v) is 7.01. The van der Waals surface area contributed by atoms with Crippen molar-refractivity contribution < 1.29 is 41.4 Å². The number of aromatic hydroxyl groups is 1. The molecule has 1 unspecified atom stereocenters. The Balaban J connectivity index is 2.14. The lowest BCUT2D eigenvalue weighted by Crippen LogP contribution is -2.35. The average molecular weight is 377 g/mol. The van der Waals surface area contributed by atoms with Gasteiger partial charge in [0.15, 0.2) is 5.60 Å². The van der Waals surface area contributed by atoms with Crippen LogP contribution in [0.4, 0.5) is 32.0 Å². The highest BCUT2D eigenvalue weighted by Gasteiger charge is 2.49. The summed E-state index contributed by atoms with van der Waals surface area (Å²) in [6.45, 7) is 0. The first-order valence-electron chi connectivity index (χ1n) is 7.01. The van der Waals surface area contributed by atoms with Gasteiger partial charge < -0.3 is 15.5 Å². The lowest BCUT2D eigenvalue weighted by molar-refractivity contribution is -0.138. The Morgan fingerprint density at radius 3 is 1.85 bits per heavy atom. The quantitative estimate of drug-likeness (QED) is 0.665.